The molecule has 3 aromatic carbocycles. The quantitative estimate of drug-likeness (QED) is 0.271. The van der Waals surface area contributed by atoms with Crippen molar-refractivity contribution in [2.75, 3.05) is 5.32 Å². The SMILES string of the molecule is Cc1ccccc1-c1cc(NCc2ccc(CNC(=O)CCc3ccccc3)cc2)n2ncc(C)c2n1. The van der Waals surface area contributed by atoms with Gasteiger partial charge in [-0.2, -0.15) is 9.61 Å². The summed E-state index contributed by atoms with van der Waals surface area (Å²) >= 11 is 0. The van der Waals surface area contributed by atoms with E-state index in [0.717, 1.165) is 45.8 Å². The van der Waals surface area contributed by atoms with E-state index in [9.17, 15) is 4.79 Å². The Balaban J connectivity index is 1.21. The number of nitrogens with one attached hydrogen (secondary N) is 2. The van der Waals surface area contributed by atoms with Crippen molar-refractivity contribution in [3.05, 3.63) is 119 Å². The van der Waals surface area contributed by atoms with Crippen molar-refractivity contribution in [2.45, 2.75) is 39.8 Å². The average molecular weight is 490 g/mol. The molecule has 2 N–H and O–H groups in total. The van der Waals surface area contributed by atoms with Crippen LogP contribution in [0.5, 0.6) is 0 Å². The predicted octanol–water partition coefficient (Wildman–Crippen LogP) is 5.87. The molecule has 5 aromatic rings. The van der Waals surface area contributed by atoms with Gasteiger partial charge in [0.05, 0.1) is 11.9 Å². The largest absolute Gasteiger partial charge is 0.366 e. The fraction of sp³-hybridized carbons (Fsp3) is 0.194. The van der Waals surface area contributed by atoms with Crippen molar-refractivity contribution in [3.63, 3.8) is 0 Å². The second kappa shape index (κ2) is 11.1. The molecule has 5 rings (SSSR count). The molecule has 0 aliphatic carbocycles. The van der Waals surface area contributed by atoms with E-state index in [1.807, 2.05) is 60.1 Å². The van der Waals surface area contributed by atoms with E-state index in [1.54, 1.807) is 0 Å². The summed E-state index contributed by atoms with van der Waals surface area (Å²) < 4.78 is 1.86. The van der Waals surface area contributed by atoms with Crippen molar-refractivity contribution in [3.8, 4) is 11.3 Å². The van der Waals surface area contributed by atoms with E-state index < -0.39 is 0 Å². The highest BCUT2D eigenvalue weighted by Crippen LogP contribution is 2.26. The molecule has 0 bridgehead atoms. The van der Waals surface area contributed by atoms with Gasteiger partial charge in [0, 0.05) is 36.7 Å². The van der Waals surface area contributed by atoms with E-state index >= 15 is 0 Å². The summed E-state index contributed by atoms with van der Waals surface area (Å²) in [5, 5.41) is 11.1. The maximum Gasteiger partial charge on any atom is 0.220 e. The molecule has 0 aliphatic rings. The summed E-state index contributed by atoms with van der Waals surface area (Å²) in [5.41, 5.74) is 8.51. The summed E-state index contributed by atoms with van der Waals surface area (Å²) in [7, 11) is 0. The van der Waals surface area contributed by atoms with Crippen molar-refractivity contribution in [1.29, 1.82) is 0 Å². The monoisotopic (exact) mass is 489 g/mol. The summed E-state index contributed by atoms with van der Waals surface area (Å²) in [6, 6.07) is 28.7. The Labute approximate surface area is 217 Å². The molecule has 0 spiro atoms. The third-order valence-electron chi connectivity index (χ3n) is 6.54. The van der Waals surface area contributed by atoms with Crippen LogP contribution >= 0.6 is 0 Å². The molecule has 0 saturated carbocycles. The normalized spacial score (nSPS) is 11.0. The number of amides is 1. The van der Waals surface area contributed by atoms with Gasteiger partial charge in [0.1, 0.15) is 5.82 Å². The Morgan fingerprint density at radius 1 is 0.811 bits per heavy atom. The van der Waals surface area contributed by atoms with E-state index in [-0.39, 0.29) is 5.91 Å². The number of hydrogen-bond donors (Lipinski definition) is 2. The number of benzene rings is 3. The van der Waals surface area contributed by atoms with Gasteiger partial charge in [-0.05, 0) is 42.5 Å². The van der Waals surface area contributed by atoms with Crippen LogP contribution in [-0.4, -0.2) is 20.5 Å². The second-order valence-electron chi connectivity index (χ2n) is 9.34. The Kier molecular flexibility index (Phi) is 7.26. The molecule has 0 fully saturated rings. The molecular formula is C31H31N5O. The standard InChI is InChI=1S/C31H31N5O/c1-22-8-6-7-11-27(22)28-18-29(36-31(35-28)23(2)19-34-36)32-20-25-12-14-26(15-13-25)21-33-30(37)17-16-24-9-4-3-5-10-24/h3-15,18-19,32H,16-17,20-21H2,1-2H3,(H,33,37). The van der Waals surface area contributed by atoms with Crippen LogP contribution in [-0.2, 0) is 24.3 Å². The van der Waals surface area contributed by atoms with Crippen LogP contribution < -0.4 is 10.6 Å². The minimum atomic E-state index is 0.0651. The van der Waals surface area contributed by atoms with Crippen LogP contribution in [0.1, 0.15) is 34.2 Å². The number of rotatable bonds is 9. The fourth-order valence-electron chi connectivity index (χ4n) is 4.36. The van der Waals surface area contributed by atoms with Gasteiger partial charge in [0.15, 0.2) is 5.65 Å². The first-order valence-corrected chi connectivity index (χ1v) is 12.6. The Bertz CT molecular complexity index is 1510. The highest BCUT2D eigenvalue weighted by molar-refractivity contribution is 5.76. The lowest BCUT2D eigenvalue weighted by molar-refractivity contribution is -0.121. The topological polar surface area (TPSA) is 71.3 Å². The molecule has 37 heavy (non-hydrogen) atoms. The van der Waals surface area contributed by atoms with Crippen LogP contribution in [0, 0.1) is 13.8 Å². The number of carbonyl (C=O) groups is 1. The predicted molar refractivity (Wildman–Crippen MR) is 148 cm³/mol. The summed E-state index contributed by atoms with van der Waals surface area (Å²) in [6.07, 6.45) is 3.09. The molecular weight excluding hydrogens is 458 g/mol. The third kappa shape index (κ3) is 5.86. The number of anilines is 1. The Morgan fingerprint density at radius 2 is 1.51 bits per heavy atom. The first-order valence-electron chi connectivity index (χ1n) is 12.6. The zero-order valence-electron chi connectivity index (χ0n) is 21.2. The Morgan fingerprint density at radius 3 is 2.27 bits per heavy atom. The minimum Gasteiger partial charge on any atom is -0.366 e. The lowest BCUT2D eigenvalue weighted by Crippen LogP contribution is -2.23. The molecule has 2 aromatic heterocycles. The zero-order valence-corrected chi connectivity index (χ0v) is 21.2. The molecule has 1 amide bonds. The van der Waals surface area contributed by atoms with Crippen LogP contribution in [0.25, 0.3) is 16.9 Å². The highest BCUT2D eigenvalue weighted by Gasteiger charge is 2.12. The minimum absolute atomic E-state index is 0.0651. The van der Waals surface area contributed by atoms with Crippen molar-refractivity contribution in [2.24, 2.45) is 0 Å². The van der Waals surface area contributed by atoms with Gasteiger partial charge >= 0.3 is 0 Å². The van der Waals surface area contributed by atoms with Gasteiger partial charge in [-0.1, -0.05) is 78.9 Å². The van der Waals surface area contributed by atoms with Crippen LogP contribution in [0.15, 0.2) is 91.1 Å². The van der Waals surface area contributed by atoms with Crippen LogP contribution in [0.4, 0.5) is 5.82 Å². The average Bonchev–Trinajstić information content (AvgIpc) is 3.31. The number of carbonyl (C=O) groups excluding carboxylic acids is 1. The molecule has 0 atom stereocenters. The van der Waals surface area contributed by atoms with Crippen molar-refractivity contribution < 1.29 is 4.79 Å². The van der Waals surface area contributed by atoms with Gasteiger partial charge in [-0.15, -0.1) is 0 Å². The third-order valence-corrected chi connectivity index (χ3v) is 6.54. The molecule has 0 unspecified atom stereocenters. The van der Waals surface area contributed by atoms with E-state index in [1.165, 1.54) is 11.1 Å². The lowest BCUT2D eigenvalue weighted by atomic mass is 10.1. The first-order chi connectivity index (χ1) is 18.1. The molecule has 2 heterocycles. The summed E-state index contributed by atoms with van der Waals surface area (Å²) in [4.78, 5) is 17.1. The molecule has 0 aliphatic heterocycles. The zero-order chi connectivity index (χ0) is 25.6. The smallest absolute Gasteiger partial charge is 0.220 e. The van der Waals surface area contributed by atoms with Crippen LogP contribution in [0.2, 0.25) is 0 Å². The molecule has 0 radical (unpaired) electrons. The van der Waals surface area contributed by atoms with E-state index in [2.05, 4.69) is 65.1 Å². The lowest BCUT2D eigenvalue weighted by Gasteiger charge is -2.13. The van der Waals surface area contributed by atoms with E-state index in [0.29, 0.717) is 19.5 Å². The summed E-state index contributed by atoms with van der Waals surface area (Å²) in [5.74, 6) is 0.960. The molecule has 0 saturated heterocycles. The maximum absolute atomic E-state index is 12.2. The van der Waals surface area contributed by atoms with Gasteiger partial charge < -0.3 is 10.6 Å². The molecule has 186 valence electrons. The first kappa shape index (κ1) is 24.3. The van der Waals surface area contributed by atoms with Crippen molar-refractivity contribution >= 4 is 17.4 Å². The Hall–Kier alpha value is -4.45. The molecule has 6 heteroatoms. The van der Waals surface area contributed by atoms with Gasteiger partial charge in [0.2, 0.25) is 5.91 Å². The van der Waals surface area contributed by atoms with Crippen molar-refractivity contribution in [1.82, 2.24) is 19.9 Å². The number of nitrogens with zero attached hydrogens (tertiary/aromatic N) is 3. The number of hydrogen-bond acceptors (Lipinski definition) is 4. The summed E-state index contributed by atoms with van der Waals surface area (Å²) in [6.45, 7) is 5.30. The van der Waals surface area contributed by atoms with Crippen LogP contribution in [0.3, 0.4) is 0 Å². The fourth-order valence-corrected chi connectivity index (χ4v) is 4.36. The number of aromatic nitrogens is 3. The van der Waals surface area contributed by atoms with Gasteiger partial charge in [0.25, 0.3) is 0 Å². The maximum atomic E-state index is 12.2. The van der Waals surface area contributed by atoms with Gasteiger partial charge in [-0.3, -0.25) is 4.79 Å². The second-order valence-corrected chi connectivity index (χ2v) is 9.34. The number of fused-ring (bicyclic) bond motifs is 1. The molecule has 6 nitrogen and oxygen atoms in total. The van der Waals surface area contributed by atoms with Gasteiger partial charge in [-0.25, -0.2) is 4.98 Å². The van der Waals surface area contributed by atoms with E-state index in [4.69, 9.17) is 4.98 Å². The number of aryl methyl sites for hydroxylation is 3. The highest BCUT2D eigenvalue weighted by atomic mass is 16.1.